The maximum absolute atomic E-state index is 2.42. The van der Waals surface area contributed by atoms with E-state index in [-0.39, 0.29) is 0 Å². The average molecular weight is 414 g/mol. The second kappa shape index (κ2) is 6.45. The van der Waals surface area contributed by atoms with Crippen molar-refractivity contribution < 1.29 is 0 Å². The van der Waals surface area contributed by atoms with Crippen LogP contribution in [-0.4, -0.2) is 4.57 Å². The molecule has 4 aromatic heterocycles. The van der Waals surface area contributed by atoms with Crippen molar-refractivity contribution in [3.63, 3.8) is 0 Å². The highest BCUT2D eigenvalue weighted by molar-refractivity contribution is 7.14. The monoisotopic (exact) mass is 413 g/mol. The van der Waals surface area contributed by atoms with E-state index in [2.05, 4.69) is 93.5 Å². The number of aromatic nitrogens is 1. The molecule has 0 fully saturated rings. The first-order chi connectivity index (χ1) is 13.9. The first-order valence-corrected chi connectivity index (χ1v) is 11.7. The Bertz CT molecular complexity index is 1290. The Labute approximate surface area is 174 Å². The minimum Gasteiger partial charge on any atom is -0.301 e. The number of thiophene rings is 3. The van der Waals surface area contributed by atoms with Crippen LogP contribution < -0.4 is 0 Å². The molecule has 0 aliphatic heterocycles. The molecule has 6 rings (SSSR count). The Morgan fingerprint density at radius 3 is 1.54 bits per heavy atom. The van der Waals surface area contributed by atoms with Crippen LogP contribution in [0.15, 0.2) is 88.9 Å². The second-order valence-electron chi connectivity index (χ2n) is 6.71. The summed E-state index contributed by atoms with van der Waals surface area (Å²) in [7, 11) is 0. The third-order valence-corrected chi connectivity index (χ3v) is 7.80. The first-order valence-electron chi connectivity index (χ1n) is 9.08. The largest absolute Gasteiger partial charge is 0.301 e. The predicted molar refractivity (Wildman–Crippen MR) is 125 cm³/mol. The molecular formula is C24H15NS3. The number of benzene rings is 2. The number of nitrogens with zero attached hydrogens (tertiary/aromatic N) is 1. The predicted octanol–water partition coefficient (Wildman–Crippen LogP) is 8.30. The Hall–Kier alpha value is -2.66. The molecule has 0 atom stereocenters. The lowest BCUT2D eigenvalue weighted by Gasteiger charge is -2.06. The van der Waals surface area contributed by atoms with Crippen molar-refractivity contribution in [3.8, 4) is 25.9 Å². The highest BCUT2D eigenvalue weighted by atomic mass is 32.1. The summed E-state index contributed by atoms with van der Waals surface area (Å²) in [6.45, 7) is 0. The van der Waals surface area contributed by atoms with Crippen LogP contribution in [0.2, 0.25) is 0 Å². The van der Waals surface area contributed by atoms with Crippen molar-refractivity contribution in [1.29, 1.82) is 0 Å². The van der Waals surface area contributed by atoms with Crippen LogP contribution in [0.25, 0.3) is 47.7 Å². The summed E-state index contributed by atoms with van der Waals surface area (Å²) in [5, 5.41) is 10.3. The number of rotatable bonds is 3. The molecule has 2 aromatic carbocycles. The van der Waals surface area contributed by atoms with Crippen molar-refractivity contribution >= 4 is 55.8 Å². The standard InChI is InChI=1S/C24H15NS3/c1-4-22(26-11-1)16-7-9-18-19-10-8-17(23-5-2-12-27-23)15-21(19)25(20(18)14-16)24-6-3-13-28-24/h1-15H. The zero-order valence-corrected chi connectivity index (χ0v) is 17.3. The minimum absolute atomic E-state index is 1.26. The first kappa shape index (κ1) is 16.3. The van der Waals surface area contributed by atoms with E-state index in [0.717, 1.165) is 0 Å². The molecule has 0 unspecified atom stereocenters. The summed E-state index contributed by atoms with van der Waals surface area (Å²) in [6, 6.07) is 26.7. The molecule has 134 valence electrons. The lowest BCUT2D eigenvalue weighted by molar-refractivity contribution is 1.22. The fraction of sp³-hybridized carbons (Fsp3) is 0. The molecule has 28 heavy (non-hydrogen) atoms. The van der Waals surface area contributed by atoms with Crippen LogP contribution in [-0.2, 0) is 0 Å². The maximum Gasteiger partial charge on any atom is 0.0999 e. The molecule has 0 aliphatic rings. The lowest BCUT2D eigenvalue weighted by atomic mass is 10.1. The number of fused-ring (bicyclic) bond motifs is 3. The third kappa shape index (κ3) is 2.49. The normalized spacial score (nSPS) is 11.6. The van der Waals surface area contributed by atoms with Gasteiger partial charge in [-0.05, 0) is 63.7 Å². The summed E-state index contributed by atoms with van der Waals surface area (Å²) in [5.74, 6) is 0. The zero-order chi connectivity index (χ0) is 18.5. The molecule has 0 saturated carbocycles. The highest BCUT2D eigenvalue weighted by Crippen LogP contribution is 2.38. The number of hydrogen-bond acceptors (Lipinski definition) is 3. The minimum atomic E-state index is 1.26. The fourth-order valence-corrected chi connectivity index (χ4v) is 6.05. The molecule has 0 aliphatic carbocycles. The van der Waals surface area contributed by atoms with Gasteiger partial charge in [-0.15, -0.1) is 34.0 Å². The van der Waals surface area contributed by atoms with E-state index in [1.165, 1.54) is 47.7 Å². The molecule has 0 radical (unpaired) electrons. The van der Waals surface area contributed by atoms with Gasteiger partial charge in [-0.25, -0.2) is 0 Å². The molecule has 0 spiro atoms. The van der Waals surface area contributed by atoms with Gasteiger partial charge in [0.05, 0.1) is 16.0 Å². The Morgan fingerprint density at radius 2 is 1.07 bits per heavy atom. The number of hydrogen-bond donors (Lipinski definition) is 0. The van der Waals surface area contributed by atoms with E-state index in [9.17, 15) is 0 Å². The van der Waals surface area contributed by atoms with Crippen molar-refractivity contribution in [3.05, 3.63) is 88.9 Å². The van der Waals surface area contributed by atoms with Gasteiger partial charge < -0.3 is 4.57 Å². The van der Waals surface area contributed by atoms with Crippen molar-refractivity contribution in [2.75, 3.05) is 0 Å². The molecule has 1 nitrogen and oxygen atoms in total. The Kier molecular flexibility index (Phi) is 3.76. The molecular weight excluding hydrogens is 398 g/mol. The lowest BCUT2D eigenvalue weighted by Crippen LogP contribution is -1.90. The van der Waals surface area contributed by atoms with Gasteiger partial charge in [0.1, 0.15) is 0 Å². The van der Waals surface area contributed by atoms with Crippen molar-refractivity contribution in [2.24, 2.45) is 0 Å². The van der Waals surface area contributed by atoms with E-state index < -0.39 is 0 Å². The summed E-state index contributed by atoms with van der Waals surface area (Å²) in [6.07, 6.45) is 0. The zero-order valence-electron chi connectivity index (χ0n) is 14.8. The molecule has 4 heterocycles. The van der Waals surface area contributed by atoms with Crippen LogP contribution in [0.5, 0.6) is 0 Å². The second-order valence-corrected chi connectivity index (χ2v) is 9.53. The molecule has 0 bridgehead atoms. The smallest absolute Gasteiger partial charge is 0.0999 e. The van der Waals surface area contributed by atoms with E-state index in [1.54, 1.807) is 34.0 Å². The van der Waals surface area contributed by atoms with Gasteiger partial charge in [0.2, 0.25) is 0 Å². The molecule has 0 N–H and O–H groups in total. The van der Waals surface area contributed by atoms with E-state index >= 15 is 0 Å². The van der Waals surface area contributed by atoms with E-state index in [4.69, 9.17) is 0 Å². The van der Waals surface area contributed by atoms with Crippen LogP contribution >= 0.6 is 34.0 Å². The van der Waals surface area contributed by atoms with Gasteiger partial charge in [0.25, 0.3) is 0 Å². The highest BCUT2D eigenvalue weighted by Gasteiger charge is 2.15. The van der Waals surface area contributed by atoms with E-state index in [1.807, 2.05) is 0 Å². The van der Waals surface area contributed by atoms with Crippen molar-refractivity contribution in [2.45, 2.75) is 0 Å². The molecule has 0 amide bonds. The van der Waals surface area contributed by atoms with Gasteiger partial charge in [0.15, 0.2) is 0 Å². The van der Waals surface area contributed by atoms with Gasteiger partial charge in [-0.2, -0.15) is 0 Å². The molecule has 4 heteroatoms. The Morgan fingerprint density at radius 1 is 0.536 bits per heavy atom. The quantitative estimate of drug-likeness (QED) is 0.275. The average Bonchev–Trinajstić information content (AvgIpc) is 3.54. The van der Waals surface area contributed by atoms with Gasteiger partial charge in [-0.3, -0.25) is 0 Å². The Balaban J connectivity index is 1.70. The third-order valence-electron chi connectivity index (χ3n) is 5.11. The molecule has 0 saturated heterocycles. The van der Waals surface area contributed by atoms with Crippen molar-refractivity contribution in [1.82, 2.24) is 4.57 Å². The van der Waals surface area contributed by atoms with Crippen LogP contribution in [0, 0.1) is 0 Å². The van der Waals surface area contributed by atoms with Gasteiger partial charge in [-0.1, -0.05) is 36.4 Å². The van der Waals surface area contributed by atoms with Crippen LogP contribution in [0.1, 0.15) is 0 Å². The summed E-state index contributed by atoms with van der Waals surface area (Å²) in [5.41, 5.74) is 5.10. The fourth-order valence-electron chi connectivity index (χ4n) is 3.85. The van der Waals surface area contributed by atoms with Crippen LogP contribution in [0.3, 0.4) is 0 Å². The summed E-state index contributed by atoms with van der Waals surface area (Å²) < 4.78 is 2.42. The van der Waals surface area contributed by atoms with Gasteiger partial charge in [0, 0.05) is 20.5 Å². The molecule has 6 aromatic rings. The maximum atomic E-state index is 2.42. The van der Waals surface area contributed by atoms with Crippen LogP contribution in [0.4, 0.5) is 0 Å². The SMILES string of the molecule is c1csc(-c2ccc3c4ccc(-c5cccs5)cc4n(-c4cccs4)c3c2)c1. The van der Waals surface area contributed by atoms with E-state index in [0.29, 0.717) is 0 Å². The summed E-state index contributed by atoms with van der Waals surface area (Å²) >= 11 is 5.37. The topological polar surface area (TPSA) is 4.93 Å². The summed E-state index contributed by atoms with van der Waals surface area (Å²) in [4.78, 5) is 2.62. The van der Waals surface area contributed by atoms with Gasteiger partial charge >= 0.3 is 0 Å².